The molecule has 6 heteroatoms. The third-order valence-electron chi connectivity index (χ3n) is 5.04. The second kappa shape index (κ2) is 7.58. The number of phenolic OH excluding ortho intramolecular Hbond substituents is 1. The van der Waals surface area contributed by atoms with Crippen LogP contribution in [-0.2, 0) is 19.3 Å². The lowest BCUT2D eigenvalue weighted by Gasteiger charge is -2.28. The summed E-state index contributed by atoms with van der Waals surface area (Å²) < 4.78 is 8.84. The first-order valence-electron chi connectivity index (χ1n) is 9.16. The van der Waals surface area contributed by atoms with E-state index in [0.29, 0.717) is 30.1 Å². The second-order valence-electron chi connectivity index (χ2n) is 6.91. The lowest BCUT2D eigenvalue weighted by molar-refractivity contribution is 0.219. The van der Waals surface area contributed by atoms with Gasteiger partial charge >= 0.3 is 0 Å². The number of hydrogen-bond acceptors (Lipinski definition) is 4. The standard InChI is InChI=1S/C21H23N3O2S/c22-7-6-17-12-23-21(27)24(17)18-9-16-10-19(25)15(11-20(16)26-13-18)8-14-4-2-1-3-5-14/h1-5,10-12,18,25H,6-9,13,22H2,(H,23,27)/t18-/m0/s1. The fourth-order valence-electron chi connectivity index (χ4n) is 3.72. The highest BCUT2D eigenvalue weighted by molar-refractivity contribution is 7.71. The number of nitrogens with zero attached hydrogens (tertiary/aromatic N) is 1. The summed E-state index contributed by atoms with van der Waals surface area (Å²) in [5, 5.41) is 10.5. The number of fused-ring (bicyclic) bond motifs is 1. The Labute approximate surface area is 163 Å². The largest absolute Gasteiger partial charge is 0.508 e. The SMILES string of the molecule is NCCc1c[nH]c(=S)n1[C@@H]1COc2cc(Cc3ccccc3)c(O)cc2C1. The molecule has 2 heterocycles. The number of nitrogens with two attached hydrogens (primary N) is 1. The van der Waals surface area contributed by atoms with E-state index in [0.717, 1.165) is 41.0 Å². The molecule has 3 aromatic rings. The van der Waals surface area contributed by atoms with Crippen molar-refractivity contribution in [3.05, 3.63) is 75.8 Å². The van der Waals surface area contributed by atoms with Crippen LogP contribution in [0.2, 0.25) is 0 Å². The number of ether oxygens (including phenoxy) is 1. The van der Waals surface area contributed by atoms with Crippen LogP contribution < -0.4 is 10.5 Å². The van der Waals surface area contributed by atoms with Gasteiger partial charge in [0.15, 0.2) is 4.77 Å². The van der Waals surface area contributed by atoms with Crippen LogP contribution in [0.5, 0.6) is 11.5 Å². The maximum atomic E-state index is 10.5. The van der Waals surface area contributed by atoms with E-state index in [4.69, 9.17) is 22.7 Å². The van der Waals surface area contributed by atoms with Crippen molar-refractivity contribution in [1.82, 2.24) is 9.55 Å². The molecule has 27 heavy (non-hydrogen) atoms. The molecule has 0 fully saturated rings. The van der Waals surface area contributed by atoms with Crippen LogP contribution in [0, 0.1) is 4.77 Å². The number of phenols is 1. The molecule has 0 bridgehead atoms. The van der Waals surface area contributed by atoms with Crippen molar-refractivity contribution in [1.29, 1.82) is 0 Å². The minimum atomic E-state index is 0.0946. The predicted octanol–water partition coefficient (Wildman–Crippen LogP) is 3.52. The zero-order valence-electron chi connectivity index (χ0n) is 15.0. The Balaban J connectivity index is 1.60. The molecule has 5 nitrogen and oxygen atoms in total. The van der Waals surface area contributed by atoms with Crippen LogP contribution in [0.4, 0.5) is 0 Å². The fourth-order valence-corrected chi connectivity index (χ4v) is 4.05. The van der Waals surface area contributed by atoms with Gasteiger partial charge in [0, 0.05) is 36.7 Å². The van der Waals surface area contributed by atoms with Gasteiger partial charge in [-0.15, -0.1) is 0 Å². The zero-order valence-corrected chi connectivity index (χ0v) is 15.8. The van der Waals surface area contributed by atoms with Gasteiger partial charge in [-0.25, -0.2) is 0 Å². The van der Waals surface area contributed by atoms with Crippen LogP contribution >= 0.6 is 12.2 Å². The fraction of sp³-hybridized carbons (Fsp3) is 0.286. The number of aromatic hydroxyl groups is 1. The number of rotatable bonds is 5. The van der Waals surface area contributed by atoms with Gasteiger partial charge in [0.1, 0.15) is 18.1 Å². The van der Waals surface area contributed by atoms with Crippen LogP contribution in [0.1, 0.15) is 28.4 Å². The molecule has 4 rings (SSSR count). The molecule has 1 aliphatic rings. The van der Waals surface area contributed by atoms with Crippen molar-refractivity contribution >= 4 is 12.2 Å². The zero-order chi connectivity index (χ0) is 18.8. The highest BCUT2D eigenvalue weighted by atomic mass is 32.1. The topological polar surface area (TPSA) is 76.2 Å². The molecule has 4 N–H and O–H groups in total. The average Bonchev–Trinajstić information content (AvgIpc) is 3.03. The van der Waals surface area contributed by atoms with Gasteiger partial charge in [0.05, 0.1) is 6.04 Å². The number of H-pyrrole nitrogens is 1. The van der Waals surface area contributed by atoms with Crippen molar-refractivity contribution in [2.45, 2.75) is 25.3 Å². The Morgan fingerprint density at radius 2 is 2.07 bits per heavy atom. The van der Waals surface area contributed by atoms with Gasteiger partial charge in [-0.2, -0.15) is 0 Å². The molecule has 1 aromatic heterocycles. The normalized spacial score (nSPS) is 16.0. The first-order valence-corrected chi connectivity index (χ1v) is 9.57. The molecule has 0 saturated carbocycles. The van der Waals surface area contributed by atoms with E-state index in [-0.39, 0.29) is 6.04 Å². The minimum Gasteiger partial charge on any atom is -0.508 e. The van der Waals surface area contributed by atoms with Gasteiger partial charge in [0.2, 0.25) is 0 Å². The number of nitrogens with one attached hydrogen (secondary N) is 1. The van der Waals surface area contributed by atoms with E-state index in [2.05, 4.69) is 21.7 Å². The number of aromatic amines is 1. The van der Waals surface area contributed by atoms with Crippen LogP contribution in [0.25, 0.3) is 0 Å². The van der Waals surface area contributed by atoms with E-state index in [1.807, 2.05) is 36.5 Å². The Bertz CT molecular complexity index is 994. The highest BCUT2D eigenvalue weighted by Gasteiger charge is 2.25. The van der Waals surface area contributed by atoms with E-state index in [1.54, 1.807) is 0 Å². The highest BCUT2D eigenvalue weighted by Crippen LogP contribution is 2.36. The number of benzene rings is 2. The minimum absolute atomic E-state index is 0.0946. The first-order chi connectivity index (χ1) is 13.2. The second-order valence-corrected chi connectivity index (χ2v) is 7.30. The van der Waals surface area contributed by atoms with Crippen molar-refractivity contribution in [3.63, 3.8) is 0 Å². The molecule has 2 aromatic carbocycles. The molecule has 0 unspecified atom stereocenters. The molecule has 1 aliphatic heterocycles. The molecule has 0 spiro atoms. The lowest BCUT2D eigenvalue weighted by Crippen LogP contribution is -2.26. The molecular formula is C21H23N3O2S. The van der Waals surface area contributed by atoms with Gasteiger partial charge in [0.25, 0.3) is 0 Å². The number of hydrogen-bond donors (Lipinski definition) is 3. The van der Waals surface area contributed by atoms with E-state index in [9.17, 15) is 5.11 Å². The van der Waals surface area contributed by atoms with E-state index in [1.165, 1.54) is 0 Å². The van der Waals surface area contributed by atoms with Gasteiger partial charge in [-0.05, 0) is 42.0 Å². The Morgan fingerprint density at radius 1 is 1.26 bits per heavy atom. The summed E-state index contributed by atoms with van der Waals surface area (Å²) in [7, 11) is 0. The Hall–Kier alpha value is -2.57. The predicted molar refractivity (Wildman–Crippen MR) is 108 cm³/mol. The molecule has 1 atom stereocenters. The maximum absolute atomic E-state index is 10.5. The van der Waals surface area contributed by atoms with Gasteiger partial charge in [-0.3, -0.25) is 0 Å². The number of aromatic nitrogens is 2. The van der Waals surface area contributed by atoms with E-state index >= 15 is 0 Å². The third kappa shape index (κ3) is 3.63. The average molecular weight is 382 g/mol. The quantitative estimate of drug-likeness (QED) is 0.591. The van der Waals surface area contributed by atoms with Crippen molar-refractivity contribution in [3.8, 4) is 11.5 Å². The molecule has 0 amide bonds. The molecule has 0 radical (unpaired) electrons. The first kappa shape index (κ1) is 17.8. The summed E-state index contributed by atoms with van der Waals surface area (Å²) in [5.74, 6) is 1.15. The summed E-state index contributed by atoms with van der Waals surface area (Å²) in [4.78, 5) is 3.11. The molecule has 140 valence electrons. The van der Waals surface area contributed by atoms with E-state index < -0.39 is 0 Å². The van der Waals surface area contributed by atoms with Crippen molar-refractivity contribution in [2.75, 3.05) is 13.2 Å². The third-order valence-corrected chi connectivity index (χ3v) is 5.36. The Kier molecular flexibility index (Phi) is 5.01. The number of imidazole rings is 1. The molecular weight excluding hydrogens is 358 g/mol. The Morgan fingerprint density at radius 3 is 2.85 bits per heavy atom. The van der Waals surface area contributed by atoms with Gasteiger partial charge < -0.3 is 25.1 Å². The van der Waals surface area contributed by atoms with Gasteiger partial charge in [-0.1, -0.05) is 30.3 Å². The molecule has 0 aliphatic carbocycles. The summed E-state index contributed by atoms with van der Waals surface area (Å²) in [6.07, 6.45) is 4.12. The summed E-state index contributed by atoms with van der Waals surface area (Å²) in [6.45, 7) is 1.12. The van der Waals surface area contributed by atoms with Crippen LogP contribution in [0.15, 0.2) is 48.7 Å². The summed E-state index contributed by atoms with van der Waals surface area (Å²) >= 11 is 5.45. The smallest absolute Gasteiger partial charge is 0.177 e. The van der Waals surface area contributed by atoms with Crippen molar-refractivity contribution < 1.29 is 9.84 Å². The monoisotopic (exact) mass is 381 g/mol. The summed E-state index contributed by atoms with van der Waals surface area (Å²) in [5.41, 5.74) is 9.84. The van der Waals surface area contributed by atoms with Crippen molar-refractivity contribution in [2.24, 2.45) is 5.73 Å². The summed E-state index contributed by atoms with van der Waals surface area (Å²) in [6, 6.07) is 14.0. The van der Waals surface area contributed by atoms with Crippen LogP contribution in [0.3, 0.4) is 0 Å². The lowest BCUT2D eigenvalue weighted by atomic mass is 9.97. The molecule has 0 saturated heterocycles. The maximum Gasteiger partial charge on any atom is 0.177 e. The van der Waals surface area contributed by atoms with Crippen LogP contribution in [-0.4, -0.2) is 27.8 Å².